The average molecular weight is 337 g/mol. The molecule has 0 aliphatic heterocycles. The Morgan fingerprint density at radius 2 is 2.04 bits per heavy atom. The number of hydrogen-bond acceptors (Lipinski definition) is 3. The van der Waals surface area contributed by atoms with E-state index in [0.717, 1.165) is 28.1 Å². The number of carbonyl (C=O) groups is 1. The molecule has 0 saturated heterocycles. The van der Waals surface area contributed by atoms with Gasteiger partial charge in [-0.2, -0.15) is 0 Å². The molecule has 1 aliphatic rings. The van der Waals surface area contributed by atoms with Gasteiger partial charge in [-0.15, -0.1) is 11.3 Å². The van der Waals surface area contributed by atoms with Gasteiger partial charge in [-0.05, 0) is 36.1 Å². The first-order chi connectivity index (χ1) is 11.7. The minimum atomic E-state index is -0.0454. The van der Waals surface area contributed by atoms with E-state index in [-0.39, 0.29) is 12.1 Å². The molecule has 0 bridgehead atoms. The van der Waals surface area contributed by atoms with Gasteiger partial charge in [-0.3, -0.25) is 0 Å². The second-order valence-corrected chi connectivity index (χ2v) is 7.29. The Hall–Kier alpha value is -2.40. The van der Waals surface area contributed by atoms with Crippen LogP contribution >= 0.6 is 11.3 Å². The number of fused-ring (bicyclic) bond motifs is 2. The van der Waals surface area contributed by atoms with E-state index in [9.17, 15) is 4.79 Å². The SMILES string of the molecule is CN(Cc1nc2ccccc2s1)C(=O)NC1CCc2ccccc21. The smallest absolute Gasteiger partial charge is 0.318 e. The second-order valence-electron chi connectivity index (χ2n) is 6.17. The van der Waals surface area contributed by atoms with E-state index in [1.54, 1.807) is 16.2 Å². The van der Waals surface area contributed by atoms with Gasteiger partial charge in [0.2, 0.25) is 0 Å². The standard InChI is InChI=1S/C19H19N3OS/c1-22(12-18-20-16-8-4-5-9-17(16)24-18)19(23)21-15-11-10-13-6-2-3-7-14(13)15/h2-9,15H,10-12H2,1H3,(H,21,23). The van der Waals surface area contributed by atoms with Crippen LogP contribution in [0.2, 0.25) is 0 Å². The van der Waals surface area contributed by atoms with Crippen LogP contribution < -0.4 is 5.32 Å². The summed E-state index contributed by atoms with van der Waals surface area (Å²) >= 11 is 1.64. The molecule has 3 aromatic rings. The number of nitrogens with zero attached hydrogens (tertiary/aromatic N) is 2. The van der Waals surface area contributed by atoms with Crippen molar-refractivity contribution in [3.05, 3.63) is 64.7 Å². The van der Waals surface area contributed by atoms with Crippen molar-refractivity contribution in [2.45, 2.75) is 25.4 Å². The molecular formula is C19H19N3OS. The predicted molar refractivity (Wildman–Crippen MR) is 97.1 cm³/mol. The molecule has 0 radical (unpaired) electrons. The van der Waals surface area contributed by atoms with Gasteiger partial charge in [0.25, 0.3) is 0 Å². The Balaban J connectivity index is 1.43. The molecule has 1 aliphatic carbocycles. The number of amides is 2. The van der Waals surface area contributed by atoms with E-state index in [4.69, 9.17) is 0 Å². The summed E-state index contributed by atoms with van der Waals surface area (Å²) < 4.78 is 1.16. The van der Waals surface area contributed by atoms with Crippen molar-refractivity contribution >= 4 is 27.6 Å². The molecule has 1 unspecified atom stereocenters. The molecule has 5 heteroatoms. The van der Waals surface area contributed by atoms with Gasteiger partial charge in [0, 0.05) is 7.05 Å². The number of carbonyl (C=O) groups excluding carboxylic acids is 1. The molecule has 4 nitrogen and oxygen atoms in total. The summed E-state index contributed by atoms with van der Waals surface area (Å²) in [6, 6.07) is 16.5. The Morgan fingerprint density at radius 3 is 2.92 bits per heavy atom. The molecule has 0 saturated carbocycles. The van der Waals surface area contributed by atoms with Crippen LogP contribution in [0.5, 0.6) is 0 Å². The van der Waals surface area contributed by atoms with Gasteiger partial charge < -0.3 is 10.2 Å². The fourth-order valence-electron chi connectivity index (χ4n) is 3.23. The minimum absolute atomic E-state index is 0.0454. The maximum absolute atomic E-state index is 12.5. The number of aryl methyl sites for hydroxylation is 1. The molecule has 1 aromatic heterocycles. The van der Waals surface area contributed by atoms with Gasteiger partial charge in [0.1, 0.15) is 5.01 Å². The molecule has 0 fully saturated rings. The highest BCUT2D eigenvalue weighted by Crippen LogP contribution is 2.31. The summed E-state index contributed by atoms with van der Waals surface area (Å²) in [4.78, 5) is 18.8. The van der Waals surface area contributed by atoms with Crippen molar-refractivity contribution in [1.82, 2.24) is 15.2 Å². The molecule has 1 N–H and O–H groups in total. The van der Waals surface area contributed by atoms with Crippen LogP contribution in [0, 0.1) is 0 Å². The lowest BCUT2D eigenvalue weighted by Gasteiger charge is -2.20. The van der Waals surface area contributed by atoms with Crippen LogP contribution in [0.15, 0.2) is 48.5 Å². The summed E-state index contributed by atoms with van der Waals surface area (Å²) in [6.45, 7) is 0.527. The van der Waals surface area contributed by atoms with Crippen molar-refractivity contribution in [3.8, 4) is 0 Å². The minimum Gasteiger partial charge on any atom is -0.331 e. The number of benzene rings is 2. The van der Waals surface area contributed by atoms with Crippen molar-refractivity contribution < 1.29 is 4.79 Å². The topological polar surface area (TPSA) is 45.2 Å². The third-order valence-electron chi connectivity index (χ3n) is 4.49. The average Bonchev–Trinajstić information content (AvgIpc) is 3.18. The summed E-state index contributed by atoms with van der Waals surface area (Å²) in [5, 5.41) is 4.11. The van der Waals surface area contributed by atoms with Gasteiger partial charge in [-0.1, -0.05) is 36.4 Å². The van der Waals surface area contributed by atoms with E-state index < -0.39 is 0 Å². The molecule has 24 heavy (non-hydrogen) atoms. The highest BCUT2D eigenvalue weighted by Gasteiger charge is 2.24. The monoisotopic (exact) mass is 337 g/mol. The summed E-state index contributed by atoms with van der Waals surface area (Å²) in [7, 11) is 1.82. The zero-order chi connectivity index (χ0) is 16.5. The fraction of sp³-hybridized carbons (Fsp3) is 0.263. The number of rotatable bonds is 3. The summed E-state index contributed by atoms with van der Waals surface area (Å²) in [5.41, 5.74) is 3.59. The van der Waals surface area contributed by atoms with Crippen LogP contribution in [0.4, 0.5) is 4.79 Å². The molecular weight excluding hydrogens is 318 g/mol. The Bertz CT molecular complexity index is 856. The molecule has 0 spiro atoms. The summed E-state index contributed by atoms with van der Waals surface area (Å²) in [5.74, 6) is 0. The van der Waals surface area contributed by atoms with Gasteiger partial charge in [0.15, 0.2) is 0 Å². The van der Waals surface area contributed by atoms with Crippen molar-refractivity contribution in [3.63, 3.8) is 0 Å². The lowest BCUT2D eigenvalue weighted by molar-refractivity contribution is 0.202. The second kappa shape index (κ2) is 6.24. The van der Waals surface area contributed by atoms with Gasteiger partial charge in [0.05, 0.1) is 22.8 Å². The normalized spacial score (nSPS) is 16.1. The highest BCUT2D eigenvalue weighted by atomic mass is 32.1. The number of nitrogens with one attached hydrogen (secondary N) is 1. The largest absolute Gasteiger partial charge is 0.331 e. The third-order valence-corrected chi connectivity index (χ3v) is 5.51. The lowest BCUT2D eigenvalue weighted by Crippen LogP contribution is -2.38. The zero-order valence-corrected chi connectivity index (χ0v) is 14.3. The Morgan fingerprint density at radius 1 is 1.25 bits per heavy atom. The Labute approximate surface area is 145 Å². The quantitative estimate of drug-likeness (QED) is 0.781. The number of urea groups is 1. The molecule has 2 amide bonds. The first-order valence-corrected chi connectivity index (χ1v) is 8.96. The van der Waals surface area contributed by atoms with Crippen LogP contribution in [-0.2, 0) is 13.0 Å². The van der Waals surface area contributed by atoms with Gasteiger partial charge in [-0.25, -0.2) is 9.78 Å². The van der Waals surface area contributed by atoms with Crippen molar-refractivity contribution in [1.29, 1.82) is 0 Å². The maximum atomic E-state index is 12.5. The highest BCUT2D eigenvalue weighted by molar-refractivity contribution is 7.18. The first-order valence-electron chi connectivity index (χ1n) is 8.14. The summed E-state index contributed by atoms with van der Waals surface area (Å²) in [6.07, 6.45) is 2.00. The molecule has 2 aromatic carbocycles. The fourth-order valence-corrected chi connectivity index (χ4v) is 4.25. The van der Waals surface area contributed by atoms with Crippen LogP contribution in [0.1, 0.15) is 28.6 Å². The van der Waals surface area contributed by atoms with Gasteiger partial charge >= 0.3 is 6.03 Å². The van der Waals surface area contributed by atoms with E-state index in [1.165, 1.54) is 11.1 Å². The third kappa shape index (κ3) is 2.87. The number of para-hydroxylation sites is 1. The van der Waals surface area contributed by atoms with E-state index in [0.29, 0.717) is 6.54 Å². The molecule has 122 valence electrons. The van der Waals surface area contributed by atoms with E-state index in [1.807, 2.05) is 31.3 Å². The number of hydrogen-bond donors (Lipinski definition) is 1. The number of aromatic nitrogens is 1. The van der Waals surface area contributed by atoms with E-state index in [2.05, 4.69) is 34.6 Å². The molecule has 1 atom stereocenters. The van der Waals surface area contributed by atoms with Crippen LogP contribution in [0.25, 0.3) is 10.2 Å². The Kier molecular flexibility index (Phi) is 3.94. The maximum Gasteiger partial charge on any atom is 0.318 e. The molecule has 1 heterocycles. The van der Waals surface area contributed by atoms with Crippen LogP contribution in [-0.4, -0.2) is 23.0 Å². The van der Waals surface area contributed by atoms with Crippen molar-refractivity contribution in [2.75, 3.05) is 7.05 Å². The predicted octanol–water partition coefficient (Wildman–Crippen LogP) is 4.13. The lowest BCUT2D eigenvalue weighted by atomic mass is 10.1. The van der Waals surface area contributed by atoms with Crippen LogP contribution in [0.3, 0.4) is 0 Å². The van der Waals surface area contributed by atoms with E-state index >= 15 is 0 Å². The first kappa shape index (κ1) is 15.1. The van der Waals surface area contributed by atoms with Crippen molar-refractivity contribution in [2.24, 2.45) is 0 Å². The zero-order valence-electron chi connectivity index (χ0n) is 13.5. The number of thiazole rings is 1. The molecule has 4 rings (SSSR count).